The van der Waals surface area contributed by atoms with E-state index in [1.807, 2.05) is 12.2 Å². The maximum Gasteiger partial charge on any atom is 0.0831 e. The van der Waals surface area contributed by atoms with Crippen LogP contribution in [0.4, 0.5) is 0 Å². The van der Waals surface area contributed by atoms with Gasteiger partial charge in [0.2, 0.25) is 0 Å². The van der Waals surface area contributed by atoms with E-state index < -0.39 is 0 Å². The van der Waals surface area contributed by atoms with Crippen molar-refractivity contribution in [3.8, 4) is 0 Å². The van der Waals surface area contributed by atoms with Crippen LogP contribution in [-0.2, 0) is 0 Å². The molecule has 0 aromatic rings. The zero-order valence-corrected chi connectivity index (χ0v) is 7.64. The highest BCUT2D eigenvalue weighted by atomic mass is 28.3. The molecule has 0 aliphatic carbocycles. The molecule has 0 saturated heterocycles. The van der Waals surface area contributed by atoms with Gasteiger partial charge in [-0.1, -0.05) is 23.9 Å². The molecule has 10 heavy (non-hydrogen) atoms. The highest BCUT2D eigenvalue weighted by Crippen LogP contribution is 2.02. The minimum atomic E-state index is -0.314. The summed E-state index contributed by atoms with van der Waals surface area (Å²) in [6.45, 7) is 9.51. The Balaban J connectivity index is 3.70. The first-order valence-electron chi connectivity index (χ1n) is 3.54. The molecule has 0 unspecified atom stereocenters. The lowest BCUT2D eigenvalue weighted by Crippen LogP contribution is -2.04. The largest absolute Gasteiger partial charge is 0.103 e. The molecule has 0 atom stereocenters. The highest BCUT2D eigenvalue weighted by molar-refractivity contribution is 6.65. The second kappa shape index (κ2) is 6.56. The minimum absolute atomic E-state index is 0.314. The Hall–Kier alpha value is -0.563. The van der Waals surface area contributed by atoms with Crippen molar-refractivity contribution in [3.63, 3.8) is 0 Å². The topological polar surface area (TPSA) is 0 Å². The van der Waals surface area contributed by atoms with Crippen LogP contribution in [0.3, 0.4) is 0 Å². The first-order chi connectivity index (χ1) is 4.85. The second-order valence-electron chi connectivity index (χ2n) is 2.14. The highest BCUT2D eigenvalue weighted by Gasteiger charge is 1.99. The summed E-state index contributed by atoms with van der Waals surface area (Å²) in [5.74, 6) is 0. The van der Waals surface area contributed by atoms with E-state index in [0.717, 1.165) is 12.1 Å². The van der Waals surface area contributed by atoms with Crippen LogP contribution in [0.1, 0.15) is 6.92 Å². The molecule has 0 aromatic carbocycles. The molecule has 0 bridgehead atoms. The quantitative estimate of drug-likeness (QED) is 0.418. The van der Waals surface area contributed by atoms with Gasteiger partial charge in [-0.25, -0.2) is 0 Å². The summed E-state index contributed by atoms with van der Waals surface area (Å²) in [6, 6.07) is 2.31. The monoisotopic (exact) mass is 151 g/mol. The van der Waals surface area contributed by atoms with Crippen molar-refractivity contribution in [3.05, 3.63) is 37.1 Å². The fourth-order valence-electron chi connectivity index (χ4n) is 0.826. The third-order valence-corrected chi connectivity index (χ3v) is 3.65. The zero-order valence-electron chi connectivity index (χ0n) is 6.64. The molecular weight excluding hydrogens is 136 g/mol. The van der Waals surface area contributed by atoms with E-state index in [2.05, 4.69) is 31.9 Å². The molecule has 0 heterocycles. The normalized spacial score (nSPS) is 10.6. The molecule has 0 rings (SSSR count). The molecule has 0 spiro atoms. The van der Waals surface area contributed by atoms with Gasteiger partial charge >= 0.3 is 0 Å². The lowest BCUT2D eigenvalue weighted by Gasteiger charge is -2.01. The Morgan fingerprint density at radius 2 is 1.70 bits per heavy atom. The molecule has 0 nitrogen and oxygen atoms in total. The molecule has 0 N–H and O–H groups in total. The van der Waals surface area contributed by atoms with Gasteiger partial charge in [-0.05, 0) is 19.0 Å². The van der Waals surface area contributed by atoms with Gasteiger partial charge in [-0.3, -0.25) is 0 Å². The van der Waals surface area contributed by atoms with Gasteiger partial charge in [0.25, 0.3) is 0 Å². The van der Waals surface area contributed by atoms with Gasteiger partial charge in [-0.15, -0.1) is 13.2 Å². The summed E-state index contributed by atoms with van der Waals surface area (Å²) in [6.07, 6.45) is 6.12. The molecule has 1 heteroatoms. The molecule has 0 fully saturated rings. The van der Waals surface area contributed by atoms with E-state index >= 15 is 0 Å². The van der Waals surface area contributed by atoms with E-state index in [1.54, 1.807) is 0 Å². The number of hydrogen-bond donors (Lipinski definition) is 0. The van der Waals surface area contributed by atoms with Gasteiger partial charge in [0, 0.05) is 0 Å². The predicted molar refractivity (Wildman–Crippen MR) is 50.6 cm³/mol. The first-order valence-corrected chi connectivity index (χ1v) is 5.53. The standard InChI is InChI=1S/C9H15Si/c1-4-7-10(8-5-2)9-6-3/h4-6,9H,1-2,7-8H2,3H3. The van der Waals surface area contributed by atoms with Gasteiger partial charge < -0.3 is 0 Å². The van der Waals surface area contributed by atoms with Crippen LogP contribution in [-0.4, -0.2) is 8.80 Å². The molecule has 55 valence electrons. The summed E-state index contributed by atoms with van der Waals surface area (Å²) in [7, 11) is -0.314. The summed E-state index contributed by atoms with van der Waals surface area (Å²) in [4.78, 5) is 0. The van der Waals surface area contributed by atoms with Crippen LogP contribution in [0.25, 0.3) is 0 Å². The molecule has 0 aliphatic heterocycles. The summed E-state index contributed by atoms with van der Waals surface area (Å²) in [5.41, 5.74) is 2.30. The fourth-order valence-corrected chi connectivity index (χ4v) is 2.48. The molecule has 1 radical (unpaired) electrons. The van der Waals surface area contributed by atoms with Crippen molar-refractivity contribution in [2.24, 2.45) is 0 Å². The van der Waals surface area contributed by atoms with E-state index in [0.29, 0.717) is 0 Å². The van der Waals surface area contributed by atoms with Crippen molar-refractivity contribution in [1.29, 1.82) is 0 Å². The lowest BCUT2D eigenvalue weighted by molar-refractivity contribution is 1.54. The molecule has 0 aromatic heterocycles. The molecular formula is C9H15Si. The Morgan fingerprint density at radius 1 is 1.20 bits per heavy atom. The SMILES string of the molecule is C=CC[Si](C=CC)CC=C. The van der Waals surface area contributed by atoms with E-state index in [1.165, 1.54) is 0 Å². The van der Waals surface area contributed by atoms with Crippen molar-refractivity contribution in [1.82, 2.24) is 0 Å². The number of allylic oxidation sites excluding steroid dienone is 3. The Bertz CT molecular complexity index is 115. The lowest BCUT2D eigenvalue weighted by atomic mass is 10.7. The summed E-state index contributed by atoms with van der Waals surface area (Å²) < 4.78 is 0. The molecule has 0 aliphatic rings. The zero-order chi connectivity index (χ0) is 7.82. The van der Waals surface area contributed by atoms with Crippen LogP contribution >= 0.6 is 0 Å². The van der Waals surface area contributed by atoms with Gasteiger partial charge in [0.1, 0.15) is 0 Å². The molecule has 0 amide bonds. The van der Waals surface area contributed by atoms with Crippen molar-refractivity contribution in [2.75, 3.05) is 0 Å². The average molecular weight is 151 g/mol. The Kier molecular flexibility index (Phi) is 6.19. The number of rotatable bonds is 5. The first kappa shape index (κ1) is 9.44. The second-order valence-corrected chi connectivity index (χ2v) is 4.61. The molecule has 0 saturated carbocycles. The summed E-state index contributed by atoms with van der Waals surface area (Å²) in [5, 5.41) is 0. The van der Waals surface area contributed by atoms with E-state index in [4.69, 9.17) is 0 Å². The predicted octanol–water partition coefficient (Wildman–Crippen LogP) is 2.97. The van der Waals surface area contributed by atoms with E-state index in [9.17, 15) is 0 Å². The Morgan fingerprint density at radius 3 is 2.00 bits per heavy atom. The third kappa shape index (κ3) is 4.33. The Labute approximate surface area is 65.6 Å². The third-order valence-electron chi connectivity index (χ3n) is 1.22. The fraction of sp³-hybridized carbons (Fsp3) is 0.333. The van der Waals surface area contributed by atoms with E-state index in [-0.39, 0.29) is 8.80 Å². The van der Waals surface area contributed by atoms with Crippen LogP contribution in [0.15, 0.2) is 37.1 Å². The van der Waals surface area contributed by atoms with Crippen LogP contribution in [0.5, 0.6) is 0 Å². The number of hydrogen-bond acceptors (Lipinski definition) is 0. The summed E-state index contributed by atoms with van der Waals surface area (Å²) >= 11 is 0. The van der Waals surface area contributed by atoms with Crippen LogP contribution in [0, 0.1) is 0 Å². The maximum absolute atomic E-state index is 3.72. The van der Waals surface area contributed by atoms with Crippen LogP contribution in [0.2, 0.25) is 12.1 Å². The van der Waals surface area contributed by atoms with Gasteiger partial charge in [-0.2, -0.15) is 0 Å². The van der Waals surface area contributed by atoms with Gasteiger partial charge in [0.05, 0.1) is 8.80 Å². The average Bonchev–Trinajstić information content (AvgIpc) is 1.90. The van der Waals surface area contributed by atoms with Crippen molar-refractivity contribution < 1.29 is 0 Å². The smallest absolute Gasteiger partial charge is 0.0831 e. The van der Waals surface area contributed by atoms with Gasteiger partial charge in [0.15, 0.2) is 0 Å². The minimum Gasteiger partial charge on any atom is -0.103 e. The van der Waals surface area contributed by atoms with Crippen molar-refractivity contribution >= 4 is 8.80 Å². The van der Waals surface area contributed by atoms with Crippen LogP contribution < -0.4 is 0 Å². The van der Waals surface area contributed by atoms with Crippen molar-refractivity contribution in [2.45, 2.75) is 19.0 Å². The maximum atomic E-state index is 3.72.